The zero-order chi connectivity index (χ0) is 15.6. The third-order valence-corrected chi connectivity index (χ3v) is 3.52. The van der Waals surface area contributed by atoms with E-state index in [0.29, 0.717) is 5.56 Å². The molecule has 0 fully saturated rings. The molecule has 4 nitrogen and oxygen atoms in total. The Labute approximate surface area is 128 Å². The van der Waals surface area contributed by atoms with E-state index in [1.165, 1.54) is 18.2 Å². The predicted molar refractivity (Wildman–Crippen MR) is 85.1 cm³/mol. The van der Waals surface area contributed by atoms with Crippen molar-refractivity contribution in [1.82, 2.24) is 0 Å². The summed E-state index contributed by atoms with van der Waals surface area (Å²) in [6.45, 7) is 3.84. The Balaban J connectivity index is 2.28. The van der Waals surface area contributed by atoms with Gasteiger partial charge in [-0.05, 0) is 49.2 Å². The van der Waals surface area contributed by atoms with Crippen molar-refractivity contribution in [3.8, 4) is 0 Å². The number of rotatable bonds is 3. The molecule has 0 aliphatic rings. The smallest absolute Gasteiger partial charge is 0.423 e. The molecule has 0 saturated heterocycles. The summed E-state index contributed by atoms with van der Waals surface area (Å²) < 4.78 is 0. The van der Waals surface area contributed by atoms with Crippen LogP contribution in [0.1, 0.15) is 21.5 Å². The standard InChI is InChI=1S/C15H15BClNO3/c1-9-3-4-10(2)14(7-9)18-15(19)11-5-6-13(17)12(8-11)16(20)21/h3-8,20-21H,1-2H3,(H,18,19). The van der Waals surface area contributed by atoms with Crippen LogP contribution in [-0.2, 0) is 0 Å². The molecular weight excluding hydrogens is 288 g/mol. The van der Waals surface area contributed by atoms with Gasteiger partial charge in [-0.1, -0.05) is 23.7 Å². The number of anilines is 1. The molecule has 0 unspecified atom stereocenters. The van der Waals surface area contributed by atoms with E-state index in [-0.39, 0.29) is 16.4 Å². The van der Waals surface area contributed by atoms with Crippen LogP contribution in [0.3, 0.4) is 0 Å². The van der Waals surface area contributed by atoms with Gasteiger partial charge in [0, 0.05) is 21.7 Å². The number of halogens is 1. The van der Waals surface area contributed by atoms with E-state index in [0.717, 1.165) is 16.8 Å². The van der Waals surface area contributed by atoms with E-state index in [1.54, 1.807) is 0 Å². The van der Waals surface area contributed by atoms with Gasteiger partial charge in [0.2, 0.25) is 0 Å². The maximum Gasteiger partial charge on any atom is 0.489 e. The lowest BCUT2D eigenvalue weighted by molar-refractivity contribution is 0.102. The summed E-state index contributed by atoms with van der Waals surface area (Å²) >= 11 is 5.85. The van der Waals surface area contributed by atoms with Crippen LogP contribution in [0.4, 0.5) is 5.69 Å². The molecule has 0 aromatic heterocycles. The number of amides is 1. The van der Waals surface area contributed by atoms with Crippen LogP contribution in [0.15, 0.2) is 36.4 Å². The van der Waals surface area contributed by atoms with Crippen molar-refractivity contribution in [2.24, 2.45) is 0 Å². The van der Waals surface area contributed by atoms with Gasteiger partial charge in [0.25, 0.3) is 5.91 Å². The molecule has 2 aromatic carbocycles. The number of carbonyl (C=O) groups excluding carboxylic acids is 1. The van der Waals surface area contributed by atoms with Crippen LogP contribution in [-0.4, -0.2) is 23.1 Å². The summed E-state index contributed by atoms with van der Waals surface area (Å²) in [4.78, 5) is 12.2. The van der Waals surface area contributed by atoms with Crippen LogP contribution in [0.5, 0.6) is 0 Å². The number of hydrogen-bond donors (Lipinski definition) is 3. The molecule has 0 aliphatic carbocycles. The Kier molecular flexibility index (Phi) is 4.68. The second kappa shape index (κ2) is 6.31. The summed E-state index contributed by atoms with van der Waals surface area (Å²) in [5.41, 5.74) is 3.12. The molecular formula is C15H15BClNO3. The fraction of sp³-hybridized carbons (Fsp3) is 0.133. The maximum absolute atomic E-state index is 12.2. The van der Waals surface area contributed by atoms with Gasteiger partial charge in [0.1, 0.15) is 0 Å². The van der Waals surface area contributed by atoms with Crippen LogP contribution >= 0.6 is 11.6 Å². The molecule has 0 bridgehead atoms. The van der Waals surface area contributed by atoms with E-state index in [1.807, 2.05) is 32.0 Å². The Morgan fingerprint density at radius 3 is 2.52 bits per heavy atom. The number of nitrogens with one attached hydrogen (secondary N) is 1. The van der Waals surface area contributed by atoms with Crippen molar-refractivity contribution >= 4 is 35.8 Å². The normalized spacial score (nSPS) is 10.3. The lowest BCUT2D eigenvalue weighted by atomic mass is 9.79. The molecule has 0 aliphatic heterocycles. The summed E-state index contributed by atoms with van der Waals surface area (Å²) in [5, 5.41) is 21.5. The van der Waals surface area contributed by atoms with Crippen LogP contribution in [0, 0.1) is 13.8 Å². The third kappa shape index (κ3) is 3.64. The summed E-state index contributed by atoms with van der Waals surface area (Å²) in [7, 11) is -1.72. The highest BCUT2D eigenvalue weighted by Gasteiger charge is 2.18. The van der Waals surface area contributed by atoms with Gasteiger partial charge in [-0.25, -0.2) is 0 Å². The molecule has 2 rings (SSSR count). The molecule has 6 heteroatoms. The molecule has 2 aromatic rings. The first-order chi connectivity index (χ1) is 9.88. The van der Waals surface area contributed by atoms with Gasteiger partial charge in [-0.2, -0.15) is 0 Å². The van der Waals surface area contributed by atoms with E-state index in [4.69, 9.17) is 11.6 Å². The van der Waals surface area contributed by atoms with E-state index >= 15 is 0 Å². The molecule has 0 saturated carbocycles. The molecule has 0 spiro atoms. The molecule has 1 amide bonds. The fourth-order valence-electron chi connectivity index (χ4n) is 1.95. The second-order valence-electron chi connectivity index (χ2n) is 4.88. The molecule has 3 N–H and O–H groups in total. The van der Waals surface area contributed by atoms with Crippen molar-refractivity contribution in [3.63, 3.8) is 0 Å². The highest BCUT2D eigenvalue weighted by Crippen LogP contribution is 2.18. The first kappa shape index (κ1) is 15.6. The first-order valence-corrected chi connectivity index (χ1v) is 6.80. The third-order valence-electron chi connectivity index (χ3n) is 3.18. The number of hydrogen-bond acceptors (Lipinski definition) is 3. The van der Waals surface area contributed by atoms with Crippen molar-refractivity contribution in [2.75, 3.05) is 5.32 Å². The number of carbonyl (C=O) groups is 1. The summed E-state index contributed by atoms with van der Waals surface area (Å²) in [6, 6.07) is 10.1. The van der Waals surface area contributed by atoms with Crippen LogP contribution < -0.4 is 10.8 Å². The molecule has 108 valence electrons. The van der Waals surface area contributed by atoms with E-state index in [2.05, 4.69) is 5.32 Å². The van der Waals surface area contributed by atoms with E-state index < -0.39 is 7.12 Å². The Hall–Kier alpha value is -1.82. The van der Waals surface area contributed by atoms with Crippen LogP contribution in [0.2, 0.25) is 5.02 Å². The highest BCUT2D eigenvalue weighted by atomic mass is 35.5. The molecule has 0 heterocycles. The summed E-state index contributed by atoms with van der Waals surface area (Å²) in [6.07, 6.45) is 0. The fourth-order valence-corrected chi connectivity index (χ4v) is 2.16. The van der Waals surface area contributed by atoms with Gasteiger partial charge in [-0.3, -0.25) is 4.79 Å². The summed E-state index contributed by atoms with van der Waals surface area (Å²) in [5.74, 6) is -0.331. The first-order valence-electron chi connectivity index (χ1n) is 6.42. The average Bonchev–Trinajstić information content (AvgIpc) is 2.43. The zero-order valence-electron chi connectivity index (χ0n) is 11.7. The Bertz CT molecular complexity index is 689. The minimum atomic E-state index is -1.72. The molecule has 0 radical (unpaired) electrons. The van der Waals surface area contributed by atoms with Gasteiger partial charge in [0.15, 0.2) is 0 Å². The van der Waals surface area contributed by atoms with Crippen molar-refractivity contribution < 1.29 is 14.8 Å². The monoisotopic (exact) mass is 303 g/mol. The number of aryl methyl sites for hydroxylation is 2. The van der Waals surface area contributed by atoms with Crippen molar-refractivity contribution in [3.05, 3.63) is 58.1 Å². The van der Waals surface area contributed by atoms with E-state index in [9.17, 15) is 14.8 Å². The van der Waals surface area contributed by atoms with Crippen LogP contribution in [0.25, 0.3) is 0 Å². The lowest BCUT2D eigenvalue weighted by Gasteiger charge is -2.11. The Morgan fingerprint density at radius 2 is 1.86 bits per heavy atom. The number of benzene rings is 2. The predicted octanol–water partition coefficient (Wildman–Crippen LogP) is 1.89. The topological polar surface area (TPSA) is 69.6 Å². The van der Waals surface area contributed by atoms with Gasteiger partial charge in [0.05, 0.1) is 0 Å². The SMILES string of the molecule is Cc1ccc(C)c(NC(=O)c2ccc(Cl)c(B(O)O)c2)c1. The van der Waals surface area contributed by atoms with Crippen molar-refractivity contribution in [1.29, 1.82) is 0 Å². The second-order valence-corrected chi connectivity index (χ2v) is 5.29. The van der Waals surface area contributed by atoms with Gasteiger partial charge >= 0.3 is 7.12 Å². The van der Waals surface area contributed by atoms with Crippen molar-refractivity contribution in [2.45, 2.75) is 13.8 Å². The lowest BCUT2D eigenvalue weighted by Crippen LogP contribution is -2.32. The maximum atomic E-state index is 12.2. The largest absolute Gasteiger partial charge is 0.489 e. The van der Waals surface area contributed by atoms with Gasteiger partial charge < -0.3 is 15.4 Å². The Morgan fingerprint density at radius 1 is 1.14 bits per heavy atom. The quantitative estimate of drug-likeness (QED) is 0.758. The highest BCUT2D eigenvalue weighted by molar-refractivity contribution is 6.62. The van der Waals surface area contributed by atoms with Gasteiger partial charge in [-0.15, -0.1) is 0 Å². The molecule has 0 atom stereocenters. The minimum Gasteiger partial charge on any atom is -0.423 e. The minimum absolute atomic E-state index is 0.102. The zero-order valence-corrected chi connectivity index (χ0v) is 12.5. The average molecular weight is 304 g/mol. The molecule has 21 heavy (non-hydrogen) atoms.